The monoisotopic (exact) mass is 438 g/mol. The van der Waals surface area contributed by atoms with Crippen LogP contribution in [0.25, 0.3) is 0 Å². The van der Waals surface area contributed by atoms with Gasteiger partial charge in [0.15, 0.2) is 10.1 Å². The number of thioether (sulfide) groups is 1. The number of nitrogens with zero attached hydrogens (tertiary/aromatic N) is 3. The average molecular weight is 438 g/mol. The van der Waals surface area contributed by atoms with Crippen molar-refractivity contribution in [1.29, 1.82) is 0 Å². The predicted octanol–water partition coefficient (Wildman–Crippen LogP) is 2.05. The Balaban J connectivity index is 1.64. The molecule has 0 saturated heterocycles. The predicted molar refractivity (Wildman–Crippen MR) is 108 cm³/mol. The highest BCUT2D eigenvalue weighted by Gasteiger charge is 2.39. The summed E-state index contributed by atoms with van der Waals surface area (Å²) in [5, 5.41) is 18.9. The van der Waals surface area contributed by atoms with Crippen molar-refractivity contribution in [3.05, 3.63) is 70.3 Å². The van der Waals surface area contributed by atoms with Gasteiger partial charge in [0.1, 0.15) is 0 Å². The first-order valence-electron chi connectivity index (χ1n) is 8.76. The zero-order valence-corrected chi connectivity index (χ0v) is 17.1. The molecule has 10 heteroatoms. The van der Waals surface area contributed by atoms with Crippen LogP contribution in [0.5, 0.6) is 0 Å². The van der Waals surface area contributed by atoms with Crippen molar-refractivity contribution in [1.82, 2.24) is 10.2 Å². The van der Waals surface area contributed by atoms with Crippen LogP contribution < -0.4 is 10.0 Å². The lowest BCUT2D eigenvalue weighted by atomic mass is 9.98. The third kappa shape index (κ3) is 3.40. The minimum Gasteiger partial charge on any atom is -0.545 e. The summed E-state index contributed by atoms with van der Waals surface area (Å²) in [7, 11) is 0. The smallest absolute Gasteiger partial charge is 0.268 e. The van der Waals surface area contributed by atoms with E-state index >= 15 is 0 Å². The molecule has 30 heavy (non-hydrogen) atoms. The Morgan fingerprint density at radius 2 is 1.60 bits per heavy atom. The number of hydrogen-bond donors (Lipinski definition) is 0. The van der Waals surface area contributed by atoms with E-state index in [9.17, 15) is 24.3 Å². The van der Waals surface area contributed by atoms with Gasteiger partial charge in [0.25, 0.3) is 11.8 Å². The molecule has 0 spiro atoms. The molecule has 4 rings (SSSR count). The second-order valence-corrected chi connectivity index (χ2v) is 8.65. The van der Waals surface area contributed by atoms with Crippen molar-refractivity contribution in [2.75, 3.05) is 10.7 Å². The van der Waals surface area contributed by atoms with Crippen molar-refractivity contribution < 1.29 is 24.3 Å². The summed E-state index contributed by atoms with van der Waals surface area (Å²) in [6, 6.07) is 9.54. The molecular formula is C20H12N3O5S2-. The van der Waals surface area contributed by atoms with Gasteiger partial charge in [-0.25, -0.2) is 4.90 Å². The van der Waals surface area contributed by atoms with E-state index < -0.39 is 23.6 Å². The number of aromatic carboxylic acids is 1. The number of anilines is 1. The Bertz CT molecular complexity index is 1200. The number of fused-ring (bicyclic) bond motifs is 1. The third-order valence-corrected chi connectivity index (χ3v) is 6.31. The van der Waals surface area contributed by atoms with Crippen LogP contribution >= 0.6 is 23.1 Å². The van der Waals surface area contributed by atoms with E-state index in [1.165, 1.54) is 54.2 Å². The lowest BCUT2D eigenvalue weighted by Gasteiger charge is -2.07. The number of hydrogen-bond acceptors (Lipinski definition) is 9. The molecule has 2 heterocycles. The van der Waals surface area contributed by atoms with Crippen molar-refractivity contribution in [2.45, 2.75) is 11.3 Å². The summed E-state index contributed by atoms with van der Waals surface area (Å²) in [6.45, 7) is 1.96. The number of imide groups is 1. The van der Waals surface area contributed by atoms with Crippen LogP contribution in [0.2, 0.25) is 0 Å². The quantitative estimate of drug-likeness (QED) is 0.248. The zero-order valence-electron chi connectivity index (χ0n) is 15.4. The third-order valence-electron chi connectivity index (χ3n) is 4.39. The molecule has 1 aromatic heterocycles. The van der Waals surface area contributed by atoms with Gasteiger partial charge in [-0.1, -0.05) is 60.4 Å². The summed E-state index contributed by atoms with van der Waals surface area (Å²) in [5.74, 6) is -2.05. The standard InChI is InChI=1S/C20H13N3O5S2/c1-2-29-20-22-21-19(30-20)23-16(25)13-8-7-12(9-14(13)17(23)26)15(24)10-3-5-11(6-4-10)18(27)28/h3-9H,2H2,1H3,(H,27,28)/p-1. The fourth-order valence-electron chi connectivity index (χ4n) is 2.95. The first kappa shape index (κ1) is 19.9. The largest absolute Gasteiger partial charge is 0.545 e. The minimum atomic E-state index is -1.34. The molecule has 0 atom stereocenters. The van der Waals surface area contributed by atoms with Crippen molar-refractivity contribution in [2.24, 2.45) is 0 Å². The number of carbonyl (C=O) groups excluding carboxylic acids is 4. The second-order valence-electron chi connectivity index (χ2n) is 6.18. The highest BCUT2D eigenvalue weighted by atomic mass is 32.2. The fourth-order valence-corrected chi connectivity index (χ4v) is 4.69. The van der Waals surface area contributed by atoms with Gasteiger partial charge in [-0.2, -0.15) is 0 Å². The summed E-state index contributed by atoms with van der Waals surface area (Å²) in [5.41, 5.74) is 0.701. The first-order valence-corrected chi connectivity index (χ1v) is 10.6. The van der Waals surface area contributed by atoms with Crippen LogP contribution in [0.3, 0.4) is 0 Å². The highest BCUT2D eigenvalue weighted by Crippen LogP contribution is 2.34. The van der Waals surface area contributed by atoms with Crippen molar-refractivity contribution >= 4 is 51.8 Å². The lowest BCUT2D eigenvalue weighted by Crippen LogP contribution is -2.29. The Labute approximate surface area is 178 Å². The van der Waals surface area contributed by atoms with E-state index in [2.05, 4.69) is 10.2 Å². The first-order chi connectivity index (χ1) is 14.4. The molecular weight excluding hydrogens is 426 g/mol. The van der Waals surface area contributed by atoms with Crippen LogP contribution in [-0.4, -0.2) is 39.5 Å². The maximum absolute atomic E-state index is 12.9. The number of benzene rings is 2. The summed E-state index contributed by atoms with van der Waals surface area (Å²) in [6.07, 6.45) is 0. The maximum Gasteiger partial charge on any atom is 0.268 e. The molecule has 150 valence electrons. The number of carboxylic acids is 1. The van der Waals surface area contributed by atoms with Crippen LogP contribution in [0, 0.1) is 0 Å². The number of ketones is 1. The molecule has 2 amide bonds. The summed E-state index contributed by atoms with van der Waals surface area (Å²) < 4.78 is 0.653. The Morgan fingerprint density at radius 1 is 0.967 bits per heavy atom. The van der Waals surface area contributed by atoms with Crippen LogP contribution in [0.15, 0.2) is 46.8 Å². The molecule has 1 aliphatic heterocycles. The molecule has 3 aromatic rings. The highest BCUT2D eigenvalue weighted by molar-refractivity contribution is 8.01. The molecule has 0 aliphatic carbocycles. The SMILES string of the molecule is CCSc1nnc(N2C(=O)c3ccc(C(=O)c4ccc(C(=O)[O-])cc4)cc3C2=O)s1. The molecule has 0 unspecified atom stereocenters. The van der Waals surface area contributed by atoms with Gasteiger partial charge in [0.05, 0.1) is 17.1 Å². The van der Waals surface area contributed by atoms with Crippen molar-refractivity contribution in [3.63, 3.8) is 0 Å². The Kier molecular flexibility index (Phi) is 5.18. The molecule has 0 N–H and O–H groups in total. The van der Waals surface area contributed by atoms with Crippen LogP contribution in [-0.2, 0) is 0 Å². The van der Waals surface area contributed by atoms with Gasteiger partial charge in [-0.15, -0.1) is 10.2 Å². The molecule has 0 fully saturated rings. The topological polar surface area (TPSA) is 120 Å². The number of rotatable bonds is 6. The van der Waals surface area contributed by atoms with Gasteiger partial charge in [-0.05, 0) is 23.4 Å². The van der Waals surface area contributed by atoms with E-state index in [0.29, 0.717) is 4.34 Å². The van der Waals surface area contributed by atoms with Crippen LogP contribution in [0.1, 0.15) is 53.9 Å². The van der Waals surface area contributed by atoms with E-state index in [-0.39, 0.29) is 32.9 Å². The van der Waals surface area contributed by atoms with Gasteiger partial charge in [0, 0.05) is 11.1 Å². The average Bonchev–Trinajstić information content (AvgIpc) is 3.30. The van der Waals surface area contributed by atoms with E-state index in [1.54, 1.807) is 0 Å². The molecule has 2 aromatic carbocycles. The molecule has 1 aliphatic rings. The normalized spacial score (nSPS) is 12.9. The van der Waals surface area contributed by atoms with Crippen molar-refractivity contribution in [3.8, 4) is 0 Å². The minimum absolute atomic E-state index is 0.0467. The number of carbonyl (C=O) groups is 4. The zero-order chi connectivity index (χ0) is 21.4. The number of aromatic nitrogens is 2. The van der Waals surface area contributed by atoms with E-state index in [4.69, 9.17) is 0 Å². The summed E-state index contributed by atoms with van der Waals surface area (Å²) >= 11 is 2.61. The van der Waals surface area contributed by atoms with E-state index in [0.717, 1.165) is 22.0 Å². The molecule has 0 bridgehead atoms. The Hall–Kier alpha value is -3.37. The molecule has 8 nitrogen and oxygen atoms in total. The van der Waals surface area contributed by atoms with Gasteiger partial charge in [0.2, 0.25) is 5.13 Å². The van der Waals surface area contributed by atoms with Gasteiger partial charge < -0.3 is 9.90 Å². The number of carboxylic acid groups (broad SMARTS) is 1. The summed E-state index contributed by atoms with van der Waals surface area (Å²) in [4.78, 5) is 50.1. The molecule has 0 radical (unpaired) electrons. The number of amides is 2. The maximum atomic E-state index is 12.9. The van der Waals surface area contributed by atoms with E-state index in [1.807, 2.05) is 6.92 Å². The Morgan fingerprint density at radius 3 is 2.27 bits per heavy atom. The fraction of sp³-hybridized carbons (Fsp3) is 0.100. The lowest BCUT2D eigenvalue weighted by molar-refractivity contribution is -0.255. The second kappa shape index (κ2) is 7.81. The molecule has 0 saturated carbocycles. The van der Waals surface area contributed by atoms with Crippen LogP contribution in [0.4, 0.5) is 5.13 Å². The van der Waals surface area contributed by atoms with Gasteiger partial charge >= 0.3 is 0 Å². The van der Waals surface area contributed by atoms with Gasteiger partial charge in [-0.3, -0.25) is 14.4 Å².